The first-order valence-corrected chi connectivity index (χ1v) is 7.11. The fourth-order valence-corrected chi connectivity index (χ4v) is 1.87. The molecule has 0 radical (unpaired) electrons. The molecular formula is C15H21N3O2. The summed E-state index contributed by atoms with van der Waals surface area (Å²) in [7, 11) is 0. The molecule has 0 heterocycles. The van der Waals surface area contributed by atoms with E-state index in [2.05, 4.69) is 16.0 Å². The van der Waals surface area contributed by atoms with Crippen molar-refractivity contribution < 1.29 is 9.59 Å². The summed E-state index contributed by atoms with van der Waals surface area (Å²) in [6.45, 7) is 3.47. The Bertz CT molecular complexity index is 484. The summed E-state index contributed by atoms with van der Waals surface area (Å²) in [6.07, 6.45) is 2.48. The summed E-state index contributed by atoms with van der Waals surface area (Å²) in [5, 5.41) is 8.83. The van der Waals surface area contributed by atoms with Gasteiger partial charge in [0.2, 0.25) is 5.91 Å². The molecule has 3 N–H and O–H groups in total. The molecule has 108 valence electrons. The van der Waals surface area contributed by atoms with Crippen LogP contribution in [-0.2, 0) is 4.79 Å². The molecule has 0 aliphatic heterocycles. The van der Waals surface area contributed by atoms with Crippen LogP contribution in [0.1, 0.15) is 36.5 Å². The number of amides is 2. The molecule has 1 aromatic carbocycles. The molecule has 0 spiro atoms. The maximum Gasteiger partial charge on any atom is 0.253 e. The van der Waals surface area contributed by atoms with Gasteiger partial charge in [0.15, 0.2) is 0 Å². The number of carbonyl (C=O) groups is 2. The number of para-hydroxylation sites is 1. The van der Waals surface area contributed by atoms with E-state index in [9.17, 15) is 9.59 Å². The lowest BCUT2D eigenvalue weighted by molar-refractivity contribution is -0.116. The highest BCUT2D eigenvalue weighted by molar-refractivity contribution is 6.03. The molecule has 1 aromatic rings. The van der Waals surface area contributed by atoms with Crippen molar-refractivity contribution in [2.45, 2.75) is 32.2 Å². The second kappa shape index (κ2) is 7.05. The highest BCUT2D eigenvalue weighted by atomic mass is 16.2. The Labute approximate surface area is 119 Å². The van der Waals surface area contributed by atoms with Crippen molar-refractivity contribution in [3.63, 3.8) is 0 Å². The van der Waals surface area contributed by atoms with Crippen molar-refractivity contribution in [3.8, 4) is 0 Å². The van der Waals surface area contributed by atoms with Crippen LogP contribution < -0.4 is 16.0 Å². The second-order valence-electron chi connectivity index (χ2n) is 4.95. The Morgan fingerprint density at radius 2 is 2.00 bits per heavy atom. The molecular weight excluding hydrogens is 254 g/mol. The van der Waals surface area contributed by atoms with Crippen LogP contribution in [0, 0.1) is 0 Å². The van der Waals surface area contributed by atoms with Crippen molar-refractivity contribution in [2.75, 3.05) is 18.4 Å². The minimum atomic E-state index is -0.116. The third kappa shape index (κ3) is 4.35. The Morgan fingerprint density at radius 3 is 2.70 bits per heavy atom. The monoisotopic (exact) mass is 275 g/mol. The van der Waals surface area contributed by atoms with Crippen LogP contribution in [0.15, 0.2) is 24.3 Å². The van der Waals surface area contributed by atoms with Crippen molar-refractivity contribution >= 4 is 17.5 Å². The van der Waals surface area contributed by atoms with E-state index in [1.165, 1.54) is 0 Å². The summed E-state index contributed by atoms with van der Waals surface area (Å²) in [5.74, 6) is -0.201. The molecule has 0 saturated heterocycles. The van der Waals surface area contributed by atoms with E-state index >= 15 is 0 Å². The van der Waals surface area contributed by atoms with Gasteiger partial charge in [-0.25, -0.2) is 0 Å². The predicted octanol–water partition coefficient (Wildman–Crippen LogP) is 1.52. The van der Waals surface area contributed by atoms with E-state index in [1.807, 2.05) is 13.0 Å². The lowest BCUT2D eigenvalue weighted by Gasteiger charge is -2.11. The summed E-state index contributed by atoms with van der Waals surface area (Å²) >= 11 is 0. The Hall–Kier alpha value is -1.88. The van der Waals surface area contributed by atoms with Gasteiger partial charge >= 0.3 is 0 Å². The van der Waals surface area contributed by atoms with Gasteiger partial charge < -0.3 is 16.0 Å². The van der Waals surface area contributed by atoms with Crippen LogP contribution in [0.5, 0.6) is 0 Å². The van der Waals surface area contributed by atoms with Crippen molar-refractivity contribution in [2.24, 2.45) is 0 Å². The van der Waals surface area contributed by atoms with Crippen LogP contribution in [0.3, 0.4) is 0 Å². The molecule has 0 aromatic heterocycles. The van der Waals surface area contributed by atoms with Gasteiger partial charge in [-0.3, -0.25) is 9.59 Å². The van der Waals surface area contributed by atoms with Crippen molar-refractivity contribution in [3.05, 3.63) is 29.8 Å². The second-order valence-corrected chi connectivity index (χ2v) is 4.95. The summed E-state index contributed by atoms with van der Waals surface area (Å²) < 4.78 is 0. The van der Waals surface area contributed by atoms with E-state index < -0.39 is 0 Å². The average Bonchev–Trinajstić information content (AvgIpc) is 3.23. The van der Waals surface area contributed by atoms with Crippen LogP contribution in [0.2, 0.25) is 0 Å². The van der Waals surface area contributed by atoms with Crippen molar-refractivity contribution in [1.82, 2.24) is 10.6 Å². The van der Waals surface area contributed by atoms with E-state index in [-0.39, 0.29) is 11.8 Å². The Balaban J connectivity index is 1.95. The van der Waals surface area contributed by atoms with Gasteiger partial charge in [0, 0.05) is 19.0 Å². The minimum Gasteiger partial charge on any atom is -0.349 e. The van der Waals surface area contributed by atoms with Gasteiger partial charge in [0.05, 0.1) is 11.3 Å². The first kappa shape index (κ1) is 14.5. The molecule has 5 nitrogen and oxygen atoms in total. The van der Waals surface area contributed by atoms with E-state index in [1.54, 1.807) is 18.2 Å². The van der Waals surface area contributed by atoms with Crippen LogP contribution in [0.4, 0.5) is 5.69 Å². The number of hydrogen-bond acceptors (Lipinski definition) is 3. The van der Waals surface area contributed by atoms with Gasteiger partial charge in [-0.05, 0) is 31.5 Å². The molecule has 0 atom stereocenters. The van der Waals surface area contributed by atoms with Gasteiger partial charge in [-0.15, -0.1) is 0 Å². The van der Waals surface area contributed by atoms with Crippen molar-refractivity contribution in [1.29, 1.82) is 0 Å². The van der Waals surface area contributed by atoms with Crippen LogP contribution in [-0.4, -0.2) is 30.9 Å². The Morgan fingerprint density at radius 1 is 1.25 bits per heavy atom. The van der Waals surface area contributed by atoms with E-state index in [0.29, 0.717) is 30.3 Å². The zero-order chi connectivity index (χ0) is 14.4. The van der Waals surface area contributed by atoms with Gasteiger partial charge in [-0.2, -0.15) is 0 Å². The number of anilines is 1. The summed E-state index contributed by atoms with van der Waals surface area (Å²) in [5.41, 5.74) is 1.10. The SMILES string of the molecule is CCNCCC(=O)Nc1ccccc1C(=O)NC1CC1. The molecule has 0 unspecified atom stereocenters. The molecule has 1 saturated carbocycles. The first-order valence-electron chi connectivity index (χ1n) is 7.11. The van der Waals surface area contributed by atoms with Gasteiger partial charge in [0.25, 0.3) is 5.91 Å². The van der Waals surface area contributed by atoms with Crippen LogP contribution in [0.25, 0.3) is 0 Å². The molecule has 0 bridgehead atoms. The molecule has 5 heteroatoms. The Kier molecular flexibility index (Phi) is 5.12. The van der Waals surface area contributed by atoms with E-state index in [0.717, 1.165) is 19.4 Å². The smallest absolute Gasteiger partial charge is 0.253 e. The number of rotatable bonds is 7. The largest absolute Gasteiger partial charge is 0.349 e. The fraction of sp³-hybridized carbons (Fsp3) is 0.467. The standard InChI is InChI=1S/C15H21N3O2/c1-2-16-10-9-14(19)18-13-6-4-3-5-12(13)15(20)17-11-7-8-11/h3-6,11,16H,2,7-10H2,1H3,(H,17,20)(H,18,19). The molecule has 2 rings (SSSR count). The number of benzene rings is 1. The van der Waals surface area contributed by atoms with Gasteiger partial charge in [-0.1, -0.05) is 19.1 Å². The quantitative estimate of drug-likeness (QED) is 0.661. The summed E-state index contributed by atoms with van der Waals surface area (Å²) in [4.78, 5) is 23.9. The average molecular weight is 275 g/mol. The fourth-order valence-electron chi connectivity index (χ4n) is 1.87. The maximum absolute atomic E-state index is 12.1. The predicted molar refractivity (Wildman–Crippen MR) is 78.7 cm³/mol. The lowest BCUT2D eigenvalue weighted by Crippen LogP contribution is -2.27. The molecule has 20 heavy (non-hydrogen) atoms. The third-order valence-electron chi connectivity index (χ3n) is 3.14. The molecule has 1 aliphatic rings. The first-order chi connectivity index (χ1) is 9.70. The van der Waals surface area contributed by atoms with E-state index in [4.69, 9.17) is 0 Å². The molecule has 1 fully saturated rings. The number of carbonyl (C=O) groups excluding carboxylic acids is 2. The zero-order valence-electron chi connectivity index (χ0n) is 11.7. The van der Waals surface area contributed by atoms with Crippen LogP contribution >= 0.6 is 0 Å². The lowest BCUT2D eigenvalue weighted by atomic mass is 10.1. The highest BCUT2D eigenvalue weighted by Crippen LogP contribution is 2.21. The minimum absolute atomic E-state index is 0.0855. The third-order valence-corrected chi connectivity index (χ3v) is 3.14. The molecule has 2 amide bonds. The normalized spacial score (nSPS) is 13.8. The number of hydrogen-bond donors (Lipinski definition) is 3. The van der Waals surface area contributed by atoms with Gasteiger partial charge in [0.1, 0.15) is 0 Å². The number of nitrogens with one attached hydrogen (secondary N) is 3. The zero-order valence-corrected chi connectivity index (χ0v) is 11.7. The summed E-state index contributed by atoms with van der Waals surface area (Å²) in [6, 6.07) is 7.41. The maximum atomic E-state index is 12.1. The topological polar surface area (TPSA) is 70.2 Å². The highest BCUT2D eigenvalue weighted by Gasteiger charge is 2.24. The molecule has 1 aliphatic carbocycles.